The van der Waals surface area contributed by atoms with Crippen molar-refractivity contribution in [3.63, 3.8) is 0 Å². The zero-order chi connectivity index (χ0) is 16.9. The molecule has 1 aliphatic rings. The molecule has 10 heteroatoms. The number of amides is 1. The fourth-order valence-corrected chi connectivity index (χ4v) is 2.73. The molecule has 1 aromatic heterocycles. The van der Waals surface area contributed by atoms with Gasteiger partial charge in [0.05, 0.1) is 6.61 Å². The van der Waals surface area contributed by atoms with Crippen molar-refractivity contribution in [2.75, 3.05) is 33.4 Å². The van der Waals surface area contributed by atoms with Crippen LogP contribution in [0.3, 0.4) is 0 Å². The summed E-state index contributed by atoms with van der Waals surface area (Å²) in [4.78, 5) is 12.0. The van der Waals surface area contributed by atoms with Gasteiger partial charge in [0.15, 0.2) is 5.69 Å². The van der Waals surface area contributed by atoms with Crippen LogP contribution in [0.1, 0.15) is 18.5 Å². The lowest BCUT2D eigenvalue weighted by Crippen LogP contribution is -2.47. The Balaban J connectivity index is 0.00000288. The van der Waals surface area contributed by atoms with Crippen molar-refractivity contribution < 1.29 is 22.7 Å². The van der Waals surface area contributed by atoms with Gasteiger partial charge in [-0.15, -0.1) is 12.4 Å². The highest BCUT2D eigenvalue weighted by Gasteiger charge is 2.34. The van der Waals surface area contributed by atoms with Crippen LogP contribution in [-0.2, 0) is 22.3 Å². The van der Waals surface area contributed by atoms with Gasteiger partial charge >= 0.3 is 6.18 Å². The van der Waals surface area contributed by atoms with Crippen LogP contribution in [0.25, 0.3) is 0 Å². The first-order valence-corrected chi connectivity index (χ1v) is 7.42. The van der Waals surface area contributed by atoms with Gasteiger partial charge in [-0.25, -0.2) is 0 Å². The van der Waals surface area contributed by atoms with Gasteiger partial charge < -0.3 is 15.4 Å². The summed E-state index contributed by atoms with van der Waals surface area (Å²) in [7, 11) is 1.62. The smallest absolute Gasteiger partial charge is 0.384 e. The average Bonchev–Trinajstić information content (AvgIpc) is 2.95. The first kappa shape index (κ1) is 20.7. The molecular formula is C14H22ClF3N4O2. The molecule has 1 saturated heterocycles. The molecule has 0 radical (unpaired) electrons. The molecule has 0 saturated carbocycles. The van der Waals surface area contributed by atoms with Gasteiger partial charge in [0, 0.05) is 25.3 Å². The Morgan fingerprint density at radius 2 is 2.12 bits per heavy atom. The second-order valence-corrected chi connectivity index (χ2v) is 5.86. The van der Waals surface area contributed by atoms with Crippen LogP contribution < -0.4 is 10.6 Å². The molecular weight excluding hydrogens is 349 g/mol. The molecule has 0 spiro atoms. The first-order chi connectivity index (χ1) is 10.8. The summed E-state index contributed by atoms with van der Waals surface area (Å²) in [5, 5.41) is 9.41. The fraction of sp³-hybridized carbons (Fsp3) is 0.714. The van der Waals surface area contributed by atoms with E-state index < -0.39 is 11.9 Å². The fourth-order valence-electron chi connectivity index (χ4n) is 2.73. The van der Waals surface area contributed by atoms with E-state index >= 15 is 0 Å². The molecule has 1 aliphatic heterocycles. The Hall–Kier alpha value is -1.32. The number of nitrogens with zero attached hydrogens (tertiary/aromatic N) is 2. The molecule has 24 heavy (non-hydrogen) atoms. The van der Waals surface area contributed by atoms with Gasteiger partial charge in [-0.05, 0) is 32.0 Å². The molecule has 0 unspecified atom stereocenters. The molecule has 2 heterocycles. The number of piperidine rings is 1. The molecule has 2 N–H and O–H groups in total. The lowest BCUT2D eigenvalue weighted by atomic mass is 9.79. The highest BCUT2D eigenvalue weighted by atomic mass is 35.5. The average molecular weight is 371 g/mol. The molecule has 6 nitrogen and oxygen atoms in total. The Morgan fingerprint density at radius 1 is 1.46 bits per heavy atom. The van der Waals surface area contributed by atoms with Gasteiger partial charge in [0.2, 0.25) is 5.91 Å². The lowest BCUT2D eigenvalue weighted by Gasteiger charge is -2.37. The Labute approximate surface area is 144 Å². The van der Waals surface area contributed by atoms with Gasteiger partial charge in [-0.2, -0.15) is 18.3 Å². The quantitative estimate of drug-likeness (QED) is 0.795. The maximum Gasteiger partial charge on any atom is 0.435 e. The van der Waals surface area contributed by atoms with Crippen molar-refractivity contribution in [2.24, 2.45) is 5.41 Å². The van der Waals surface area contributed by atoms with E-state index in [1.807, 2.05) is 0 Å². The summed E-state index contributed by atoms with van der Waals surface area (Å²) in [5.41, 5.74) is -1.13. The second kappa shape index (κ2) is 8.68. The topological polar surface area (TPSA) is 68.2 Å². The number of hydrogen-bond acceptors (Lipinski definition) is 4. The second-order valence-electron chi connectivity index (χ2n) is 5.86. The van der Waals surface area contributed by atoms with Crippen molar-refractivity contribution in [3.05, 3.63) is 18.0 Å². The molecule has 1 fully saturated rings. The Kier molecular flexibility index (Phi) is 7.50. The molecule has 2 rings (SSSR count). The van der Waals surface area contributed by atoms with Crippen LogP contribution in [0.5, 0.6) is 0 Å². The predicted molar refractivity (Wildman–Crippen MR) is 83.9 cm³/mol. The number of hydrogen-bond donors (Lipinski definition) is 2. The highest BCUT2D eigenvalue weighted by molar-refractivity contribution is 5.85. The van der Waals surface area contributed by atoms with Crippen molar-refractivity contribution in [1.29, 1.82) is 0 Å². The van der Waals surface area contributed by atoms with Gasteiger partial charge in [0.25, 0.3) is 0 Å². The molecule has 1 amide bonds. The van der Waals surface area contributed by atoms with Crippen molar-refractivity contribution in [3.8, 4) is 0 Å². The van der Waals surface area contributed by atoms with Gasteiger partial charge in [-0.1, -0.05) is 0 Å². The number of carbonyl (C=O) groups excluding carboxylic acids is 1. The minimum atomic E-state index is -4.50. The number of aromatic nitrogens is 2. The molecule has 0 aliphatic carbocycles. The number of carbonyl (C=O) groups is 1. The lowest BCUT2D eigenvalue weighted by molar-refractivity contribution is -0.141. The van der Waals surface area contributed by atoms with Crippen molar-refractivity contribution >= 4 is 18.3 Å². The van der Waals surface area contributed by atoms with Crippen LogP contribution in [0.4, 0.5) is 13.2 Å². The summed E-state index contributed by atoms with van der Waals surface area (Å²) in [5.74, 6) is -0.365. The van der Waals surface area contributed by atoms with Crippen LogP contribution in [-0.4, -0.2) is 49.0 Å². The summed E-state index contributed by atoms with van der Waals surface area (Å²) < 4.78 is 43.6. The number of rotatable bonds is 6. The Morgan fingerprint density at radius 3 is 2.67 bits per heavy atom. The molecule has 0 aromatic carbocycles. The number of ether oxygens (including phenoxy) is 1. The van der Waals surface area contributed by atoms with Crippen LogP contribution in [0.15, 0.2) is 12.3 Å². The number of halogens is 4. The number of nitrogens with one attached hydrogen (secondary N) is 2. The largest absolute Gasteiger partial charge is 0.435 e. The summed E-state index contributed by atoms with van der Waals surface area (Å²) >= 11 is 0. The molecule has 1 aromatic rings. The van der Waals surface area contributed by atoms with E-state index in [0.29, 0.717) is 13.2 Å². The standard InChI is InChI=1S/C14H21F3N4O2.ClH/c1-23-10-13(3-5-18-6-4-13)9-19-12(22)8-21-7-2-11(20-21)14(15,16)17;/h2,7,18H,3-6,8-10H2,1H3,(H,19,22);1H. The third-order valence-electron chi connectivity index (χ3n) is 4.01. The zero-order valence-electron chi connectivity index (χ0n) is 13.4. The third kappa shape index (κ3) is 5.64. The van der Waals surface area contributed by atoms with E-state index in [0.717, 1.165) is 42.9 Å². The minimum Gasteiger partial charge on any atom is -0.384 e. The molecule has 0 bridgehead atoms. The van der Waals surface area contributed by atoms with Crippen LogP contribution in [0.2, 0.25) is 0 Å². The maximum absolute atomic E-state index is 12.5. The zero-order valence-corrected chi connectivity index (χ0v) is 14.2. The van der Waals surface area contributed by atoms with E-state index in [1.54, 1.807) is 7.11 Å². The molecule has 0 atom stereocenters. The molecule has 138 valence electrons. The number of alkyl halides is 3. The van der Waals surface area contributed by atoms with E-state index in [-0.39, 0.29) is 30.3 Å². The predicted octanol–water partition coefficient (Wildman–Crippen LogP) is 1.46. The van der Waals surface area contributed by atoms with E-state index in [2.05, 4.69) is 15.7 Å². The van der Waals surface area contributed by atoms with Gasteiger partial charge in [0.1, 0.15) is 6.54 Å². The van der Waals surface area contributed by atoms with Crippen molar-refractivity contribution in [2.45, 2.75) is 25.6 Å². The number of methoxy groups -OCH3 is 1. The first-order valence-electron chi connectivity index (χ1n) is 7.42. The summed E-state index contributed by atoms with van der Waals surface area (Å²) in [6.45, 7) is 2.45. The maximum atomic E-state index is 12.5. The van der Waals surface area contributed by atoms with Gasteiger partial charge in [-0.3, -0.25) is 9.48 Å². The van der Waals surface area contributed by atoms with Crippen molar-refractivity contribution in [1.82, 2.24) is 20.4 Å². The van der Waals surface area contributed by atoms with Crippen LogP contribution in [0, 0.1) is 5.41 Å². The van der Waals surface area contributed by atoms with E-state index in [9.17, 15) is 18.0 Å². The summed E-state index contributed by atoms with van der Waals surface area (Å²) in [6.07, 6.45) is -1.60. The van der Waals surface area contributed by atoms with Crippen LogP contribution >= 0.6 is 12.4 Å². The normalized spacial score (nSPS) is 17.2. The Bertz CT molecular complexity index is 525. The van der Waals surface area contributed by atoms with E-state index in [4.69, 9.17) is 4.74 Å². The minimum absolute atomic E-state index is 0. The monoisotopic (exact) mass is 370 g/mol. The SMILES string of the molecule is COCC1(CNC(=O)Cn2ccc(C(F)(F)F)n2)CCNCC1.Cl. The highest BCUT2D eigenvalue weighted by Crippen LogP contribution is 2.28. The van der Waals surface area contributed by atoms with E-state index in [1.165, 1.54) is 0 Å². The summed E-state index contributed by atoms with van der Waals surface area (Å²) in [6, 6.07) is 0.854. The third-order valence-corrected chi connectivity index (χ3v) is 4.01.